The van der Waals surface area contributed by atoms with Crippen LogP contribution in [0.5, 0.6) is 5.75 Å². The summed E-state index contributed by atoms with van der Waals surface area (Å²) < 4.78 is 12.5. The maximum absolute atomic E-state index is 11.9. The Kier molecular flexibility index (Phi) is 5.07. The van der Waals surface area contributed by atoms with Crippen molar-refractivity contribution in [2.45, 2.75) is 6.10 Å². The lowest BCUT2D eigenvalue weighted by Gasteiger charge is -2.17. The van der Waals surface area contributed by atoms with Gasteiger partial charge < -0.3 is 14.3 Å². The van der Waals surface area contributed by atoms with Gasteiger partial charge in [0, 0.05) is 15.1 Å². The second-order valence-electron chi connectivity index (χ2n) is 6.02. The number of nitrogens with zero attached hydrogens (tertiary/aromatic N) is 1. The van der Waals surface area contributed by atoms with Gasteiger partial charge in [-0.3, -0.25) is 0 Å². The Balaban J connectivity index is 1.78. The number of para-hydroxylation sites is 2. The summed E-state index contributed by atoms with van der Waals surface area (Å²) in [6, 6.07) is 19.2. The number of rotatable bonds is 5. The van der Waals surface area contributed by atoms with Gasteiger partial charge in [-0.25, -0.2) is 9.78 Å². The predicted molar refractivity (Wildman–Crippen MR) is 110 cm³/mol. The zero-order valence-electron chi connectivity index (χ0n) is 14.3. The van der Waals surface area contributed by atoms with E-state index in [1.807, 2.05) is 24.3 Å². The van der Waals surface area contributed by atoms with Crippen molar-refractivity contribution in [2.24, 2.45) is 0 Å². The minimum absolute atomic E-state index is 0.335. The lowest BCUT2D eigenvalue weighted by atomic mass is 10.1. The van der Waals surface area contributed by atoms with Crippen LogP contribution in [0.4, 0.5) is 0 Å². The number of hydrogen-bond acceptors (Lipinski definition) is 4. The number of ether oxygens (including phenoxy) is 1. The van der Waals surface area contributed by atoms with E-state index in [0.29, 0.717) is 38.9 Å². The fraction of sp³-hybridized carbons (Fsp3) is 0.0476. The van der Waals surface area contributed by atoms with Crippen LogP contribution in [0.25, 0.3) is 22.6 Å². The Bertz CT molecular complexity index is 1140. The fourth-order valence-corrected chi connectivity index (χ4v) is 3.38. The predicted octanol–water partition coefficient (Wildman–Crippen LogP) is 6.12. The summed E-state index contributed by atoms with van der Waals surface area (Å²) in [5.74, 6) is -0.455. The van der Waals surface area contributed by atoms with E-state index >= 15 is 0 Å². The molecular formula is C21H13BrClNO4. The highest BCUT2D eigenvalue weighted by atomic mass is 79.9. The quantitative estimate of drug-likeness (QED) is 0.390. The van der Waals surface area contributed by atoms with E-state index in [0.717, 1.165) is 4.47 Å². The smallest absolute Gasteiger partial charge is 0.349 e. The van der Waals surface area contributed by atoms with Crippen LogP contribution < -0.4 is 4.74 Å². The first kappa shape index (κ1) is 18.5. The normalized spacial score (nSPS) is 12.1. The number of benzene rings is 3. The topological polar surface area (TPSA) is 72.6 Å². The molecule has 1 aromatic heterocycles. The molecule has 3 aromatic carbocycles. The molecular weight excluding hydrogens is 446 g/mol. The molecule has 0 amide bonds. The van der Waals surface area contributed by atoms with Gasteiger partial charge in [0.2, 0.25) is 12.0 Å². The standard InChI is InChI=1S/C21H13BrClNO4/c22-13-8-9-17(27-19(21(25)26)12-4-3-5-14(23)10-12)15(11-13)20-24-16-6-1-2-7-18(16)28-20/h1-11,19H,(H,25,26). The Morgan fingerprint density at radius 1 is 1.11 bits per heavy atom. The van der Waals surface area contributed by atoms with Gasteiger partial charge in [0.05, 0.1) is 5.56 Å². The number of aliphatic carboxylic acids is 1. The molecule has 0 spiro atoms. The first-order valence-corrected chi connectivity index (χ1v) is 9.49. The number of carboxylic acid groups (broad SMARTS) is 1. The molecule has 1 atom stereocenters. The number of oxazole rings is 1. The maximum Gasteiger partial charge on any atom is 0.349 e. The van der Waals surface area contributed by atoms with E-state index in [2.05, 4.69) is 20.9 Å². The van der Waals surface area contributed by atoms with E-state index in [1.165, 1.54) is 0 Å². The van der Waals surface area contributed by atoms with Crippen LogP contribution in [0.2, 0.25) is 5.02 Å². The molecule has 0 radical (unpaired) electrons. The van der Waals surface area contributed by atoms with Gasteiger partial charge in [0.25, 0.3) is 0 Å². The van der Waals surface area contributed by atoms with Gasteiger partial charge in [0.1, 0.15) is 11.3 Å². The number of aromatic nitrogens is 1. The Hall–Kier alpha value is -2.83. The zero-order chi connectivity index (χ0) is 19.7. The molecule has 7 heteroatoms. The van der Waals surface area contributed by atoms with Crippen LogP contribution in [0.15, 0.2) is 75.6 Å². The number of carboxylic acids is 1. The molecule has 28 heavy (non-hydrogen) atoms. The van der Waals surface area contributed by atoms with E-state index in [4.69, 9.17) is 20.8 Å². The van der Waals surface area contributed by atoms with Gasteiger partial charge in [-0.2, -0.15) is 0 Å². The van der Waals surface area contributed by atoms with Crippen molar-refractivity contribution in [3.05, 3.63) is 81.8 Å². The third-order valence-electron chi connectivity index (χ3n) is 4.09. The SMILES string of the molecule is O=C(O)C(Oc1ccc(Br)cc1-c1nc2ccccc2o1)c1cccc(Cl)c1. The molecule has 0 bridgehead atoms. The van der Waals surface area contributed by atoms with E-state index in [1.54, 1.807) is 42.5 Å². The Labute approximate surface area is 173 Å². The summed E-state index contributed by atoms with van der Waals surface area (Å²) >= 11 is 9.44. The van der Waals surface area contributed by atoms with Gasteiger partial charge in [-0.15, -0.1) is 0 Å². The highest BCUT2D eigenvalue weighted by Crippen LogP contribution is 2.36. The summed E-state index contributed by atoms with van der Waals surface area (Å²) in [6.07, 6.45) is -1.23. The summed E-state index contributed by atoms with van der Waals surface area (Å²) in [5, 5.41) is 10.1. The highest BCUT2D eigenvalue weighted by molar-refractivity contribution is 9.10. The number of carbonyl (C=O) groups is 1. The molecule has 0 saturated carbocycles. The first-order valence-electron chi connectivity index (χ1n) is 8.32. The van der Waals surface area contributed by atoms with Crippen LogP contribution in [0.1, 0.15) is 11.7 Å². The summed E-state index contributed by atoms with van der Waals surface area (Å²) in [4.78, 5) is 16.3. The lowest BCUT2D eigenvalue weighted by Crippen LogP contribution is -2.18. The zero-order valence-corrected chi connectivity index (χ0v) is 16.6. The van der Waals surface area contributed by atoms with Gasteiger partial charge in [-0.1, -0.05) is 51.8 Å². The second-order valence-corrected chi connectivity index (χ2v) is 7.37. The monoisotopic (exact) mass is 457 g/mol. The lowest BCUT2D eigenvalue weighted by molar-refractivity contribution is -0.145. The molecule has 0 saturated heterocycles. The van der Waals surface area contributed by atoms with Crippen LogP contribution in [0.3, 0.4) is 0 Å². The van der Waals surface area contributed by atoms with Crippen molar-refractivity contribution < 1.29 is 19.1 Å². The van der Waals surface area contributed by atoms with Crippen molar-refractivity contribution in [1.29, 1.82) is 0 Å². The summed E-state index contributed by atoms with van der Waals surface area (Å²) in [5.41, 5.74) is 2.31. The van der Waals surface area contributed by atoms with Crippen molar-refractivity contribution in [3.8, 4) is 17.2 Å². The van der Waals surface area contributed by atoms with Crippen molar-refractivity contribution in [3.63, 3.8) is 0 Å². The van der Waals surface area contributed by atoms with Crippen molar-refractivity contribution >= 4 is 44.6 Å². The number of fused-ring (bicyclic) bond motifs is 1. The van der Waals surface area contributed by atoms with E-state index < -0.39 is 12.1 Å². The van der Waals surface area contributed by atoms with E-state index in [-0.39, 0.29) is 0 Å². The van der Waals surface area contributed by atoms with Crippen LogP contribution in [-0.4, -0.2) is 16.1 Å². The van der Waals surface area contributed by atoms with Crippen LogP contribution >= 0.6 is 27.5 Å². The maximum atomic E-state index is 11.9. The van der Waals surface area contributed by atoms with Crippen molar-refractivity contribution in [1.82, 2.24) is 4.98 Å². The largest absolute Gasteiger partial charge is 0.478 e. The third kappa shape index (κ3) is 3.74. The Morgan fingerprint density at radius 2 is 1.93 bits per heavy atom. The molecule has 1 unspecified atom stereocenters. The first-order chi connectivity index (χ1) is 13.5. The molecule has 0 aliphatic carbocycles. The number of hydrogen-bond donors (Lipinski definition) is 1. The second kappa shape index (κ2) is 7.66. The van der Waals surface area contributed by atoms with Gasteiger partial charge >= 0.3 is 5.97 Å². The summed E-state index contributed by atoms with van der Waals surface area (Å²) in [7, 11) is 0. The van der Waals surface area contributed by atoms with Crippen molar-refractivity contribution in [2.75, 3.05) is 0 Å². The molecule has 0 aliphatic rings. The third-order valence-corrected chi connectivity index (χ3v) is 4.81. The van der Waals surface area contributed by atoms with Gasteiger partial charge in [-0.05, 0) is 42.5 Å². The molecule has 140 valence electrons. The summed E-state index contributed by atoms with van der Waals surface area (Å²) in [6.45, 7) is 0. The Morgan fingerprint density at radius 3 is 2.68 bits per heavy atom. The molecule has 5 nitrogen and oxygen atoms in total. The molecule has 1 N–H and O–H groups in total. The fourth-order valence-electron chi connectivity index (χ4n) is 2.82. The highest BCUT2D eigenvalue weighted by Gasteiger charge is 2.25. The van der Waals surface area contributed by atoms with Crippen LogP contribution in [0, 0.1) is 0 Å². The molecule has 4 rings (SSSR count). The molecule has 0 aliphatic heterocycles. The molecule has 0 fully saturated rings. The average Bonchev–Trinajstić information content (AvgIpc) is 3.10. The van der Waals surface area contributed by atoms with Crippen LogP contribution in [-0.2, 0) is 4.79 Å². The minimum atomic E-state index is -1.23. The average molecular weight is 459 g/mol. The van der Waals surface area contributed by atoms with E-state index in [9.17, 15) is 9.90 Å². The molecule has 4 aromatic rings. The number of halogens is 2. The minimum Gasteiger partial charge on any atom is -0.478 e. The van der Waals surface area contributed by atoms with Gasteiger partial charge in [0.15, 0.2) is 5.58 Å². The molecule has 1 heterocycles.